The van der Waals surface area contributed by atoms with Gasteiger partial charge in [-0.2, -0.15) is 5.10 Å². The van der Waals surface area contributed by atoms with Crippen LogP contribution >= 0.6 is 0 Å². The molecule has 1 saturated carbocycles. The second kappa shape index (κ2) is 6.83. The van der Waals surface area contributed by atoms with Crippen molar-refractivity contribution in [2.24, 2.45) is 7.05 Å². The van der Waals surface area contributed by atoms with Crippen LogP contribution in [0.5, 0.6) is 0 Å². The second-order valence-electron chi connectivity index (χ2n) is 7.21. The number of amides is 1. The van der Waals surface area contributed by atoms with Crippen LogP contribution in [0.3, 0.4) is 0 Å². The summed E-state index contributed by atoms with van der Waals surface area (Å²) in [5.41, 5.74) is 10.2. The number of rotatable bonds is 3. The predicted octanol–water partition coefficient (Wildman–Crippen LogP) is 4.46. The summed E-state index contributed by atoms with van der Waals surface area (Å²) in [6, 6.07) is 11.6. The fourth-order valence-electron chi connectivity index (χ4n) is 3.90. The van der Waals surface area contributed by atoms with Crippen LogP contribution in [0.15, 0.2) is 42.6 Å². The molecule has 1 fully saturated rings. The summed E-state index contributed by atoms with van der Waals surface area (Å²) in [6.45, 7) is 0. The number of hydrogen-bond donors (Lipinski definition) is 2. The Kier molecular flexibility index (Phi) is 4.37. The van der Waals surface area contributed by atoms with Crippen molar-refractivity contribution >= 4 is 28.2 Å². The van der Waals surface area contributed by atoms with E-state index in [1.807, 2.05) is 43.6 Å². The summed E-state index contributed by atoms with van der Waals surface area (Å²) in [4.78, 5) is 12.7. The maximum absolute atomic E-state index is 12.7. The lowest BCUT2D eigenvalue weighted by Gasteiger charge is -2.22. The molecule has 5 heteroatoms. The second-order valence-corrected chi connectivity index (χ2v) is 7.21. The summed E-state index contributed by atoms with van der Waals surface area (Å²) in [7, 11) is 1.88. The zero-order valence-electron chi connectivity index (χ0n) is 15.0. The molecule has 0 bridgehead atoms. The molecule has 1 aliphatic carbocycles. The number of carbonyl (C=O) groups excluding carboxylic acids is 1. The number of nitrogens with two attached hydrogens (primary N) is 1. The van der Waals surface area contributed by atoms with E-state index in [1.165, 1.54) is 37.7 Å². The molecular formula is C21H24N4O. The van der Waals surface area contributed by atoms with E-state index in [0.717, 1.165) is 16.6 Å². The zero-order chi connectivity index (χ0) is 18.1. The molecule has 0 atom stereocenters. The van der Waals surface area contributed by atoms with E-state index in [2.05, 4.69) is 16.5 Å². The first-order valence-electron chi connectivity index (χ1n) is 9.24. The van der Waals surface area contributed by atoms with E-state index in [1.54, 1.807) is 4.68 Å². The molecule has 26 heavy (non-hydrogen) atoms. The Morgan fingerprint density at radius 1 is 1.15 bits per heavy atom. The summed E-state index contributed by atoms with van der Waals surface area (Å²) in [6.07, 6.45) is 8.26. The van der Waals surface area contributed by atoms with Gasteiger partial charge in [0.05, 0.1) is 11.1 Å². The molecule has 0 spiro atoms. The Hall–Kier alpha value is -2.82. The molecule has 0 aliphatic heterocycles. The van der Waals surface area contributed by atoms with Crippen molar-refractivity contribution in [3.8, 4) is 0 Å². The number of nitrogens with one attached hydrogen (secondary N) is 1. The third-order valence-electron chi connectivity index (χ3n) is 5.27. The van der Waals surface area contributed by atoms with Crippen molar-refractivity contribution in [1.82, 2.24) is 9.78 Å². The van der Waals surface area contributed by atoms with Gasteiger partial charge in [-0.15, -0.1) is 0 Å². The van der Waals surface area contributed by atoms with Crippen molar-refractivity contribution < 1.29 is 4.79 Å². The Labute approximate surface area is 153 Å². The van der Waals surface area contributed by atoms with Gasteiger partial charge >= 0.3 is 0 Å². The number of aryl methyl sites for hydroxylation is 1. The molecule has 134 valence electrons. The minimum absolute atomic E-state index is 0.180. The number of benzene rings is 2. The van der Waals surface area contributed by atoms with Crippen LogP contribution in [-0.4, -0.2) is 15.7 Å². The monoisotopic (exact) mass is 348 g/mol. The molecule has 1 aromatic heterocycles. The molecule has 4 rings (SSSR count). The molecule has 0 saturated heterocycles. The van der Waals surface area contributed by atoms with Gasteiger partial charge in [-0.25, -0.2) is 0 Å². The van der Waals surface area contributed by atoms with Crippen LogP contribution in [0.4, 0.5) is 11.4 Å². The van der Waals surface area contributed by atoms with Crippen LogP contribution in [0, 0.1) is 0 Å². The highest BCUT2D eigenvalue weighted by molar-refractivity contribution is 6.08. The van der Waals surface area contributed by atoms with Crippen molar-refractivity contribution in [3.63, 3.8) is 0 Å². The number of aromatic nitrogens is 2. The quantitative estimate of drug-likeness (QED) is 0.687. The third kappa shape index (κ3) is 3.29. The van der Waals surface area contributed by atoms with E-state index in [9.17, 15) is 4.79 Å². The molecule has 0 radical (unpaired) electrons. The topological polar surface area (TPSA) is 72.9 Å². The number of carbonyl (C=O) groups is 1. The molecule has 3 aromatic rings. The SMILES string of the molecule is Cn1cc2cc(NC(=O)c3ccc(C4CCCCC4)cc3N)ccc2n1. The first-order valence-corrected chi connectivity index (χ1v) is 9.24. The van der Waals surface area contributed by atoms with Crippen LogP contribution < -0.4 is 11.1 Å². The van der Waals surface area contributed by atoms with Gasteiger partial charge in [-0.3, -0.25) is 9.48 Å². The van der Waals surface area contributed by atoms with E-state index < -0.39 is 0 Å². The van der Waals surface area contributed by atoms with Gasteiger partial charge < -0.3 is 11.1 Å². The smallest absolute Gasteiger partial charge is 0.257 e. The maximum atomic E-state index is 12.7. The van der Waals surface area contributed by atoms with Crippen molar-refractivity contribution in [1.29, 1.82) is 0 Å². The highest BCUT2D eigenvalue weighted by Gasteiger charge is 2.18. The summed E-state index contributed by atoms with van der Waals surface area (Å²) in [5, 5.41) is 8.28. The average molecular weight is 348 g/mol. The summed E-state index contributed by atoms with van der Waals surface area (Å²) in [5.74, 6) is 0.400. The lowest BCUT2D eigenvalue weighted by atomic mass is 9.83. The normalized spacial score (nSPS) is 15.3. The van der Waals surface area contributed by atoms with E-state index in [-0.39, 0.29) is 5.91 Å². The van der Waals surface area contributed by atoms with Gasteiger partial charge in [0.2, 0.25) is 0 Å². The highest BCUT2D eigenvalue weighted by atomic mass is 16.1. The molecular weight excluding hydrogens is 324 g/mol. The molecule has 2 aromatic carbocycles. The molecule has 0 unspecified atom stereocenters. The average Bonchev–Trinajstić information content (AvgIpc) is 3.01. The third-order valence-corrected chi connectivity index (χ3v) is 5.27. The number of hydrogen-bond acceptors (Lipinski definition) is 3. The van der Waals surface area contributed by atoms with Gasteiger partial charge in [0.15, 0.2) is 0 Å². The fourth-order valence-corrected chi connectivity index (χ4v) is 3.90. The molecule has 1 amide bonds. The number of anilines is 2. The molecule has 1 aliphatic rings. The predicted molar refractivity (Wildman–Crippen MR) is 105 cm³/mol. The lowest BCUT2D eigenvalue weighted by molar-refractivity contribution is 0.102. The van der Waals surface area contributed by atoms with Crippen LogP contribution in [0.2, 0.25) is 0 Å². The van der Waals surface area contributed by atoms with E-state index in [0.29, 0.717) is 17.2 Å². The fraction of sp³-hybridized carbons (Fsp3) is 0.333. The minimum Gasteiger partial charge on any atom is -0.398 e. The molecule has 3 N–H and O–H groups in total. The zero-order valence-corrected chi connectivity index (χ0v) is 15.0. The number of fused-ring (bicyclic) bond motifs is 1. The van der Waals surface area contributed by atoms with Crippen LogP contribution in [-0.2, 0) is 7.05 Å². The van der Waals surface area contributed by atoms with Gasteiger partial charge in [0, 0.05) is 30.0 Å². The first kappa shape index (κ1) is 16.6. The van der Waals surface area contributed by atoms with Crippen molar-refractivity contribution in [2.45, 2.75) is 38.0 Å². The maximum Gasteiger partial charge on any atom is 0.257 e. The van der Waals surface area contributed by atoms with Gasteiger partial charge in [-0.05, 0) is 54.7 Å². The molecule has 1 heterocycles. The Bertz CT molecular complexity index is 954. The molecule has 5 nitrogen and oxygen atoms in total. The number of nitrogen functional groups attached to an aromatic ring is 1. The lowest BCUT2D eigenvalue weighted by Crippen LogP contribution is -2.15. The van der Waals surface area contributed by atoms with Crippen molar-refractivity contribution in [2.75, 3.05) is 11.1 Å². The largest absolute Gasteiger partial charge is 0.398 e. The highest BCUT2D eigenvalue weighted by Crippen LogP contribution is 2.34. The van der Waals surface area contributed by atoms with Crippen molar-refractivity contribution in [3.05, 3.63) is 53.7 Å². The summed E-state index contributed by atoms with van der Waals surface area (Å²) < 4.78 is 1.76. The summed E-state index contributed by atoms with van der Waals surface area (Å²) >= 11 is 0. The standard InChI is InChI=1S/C21H24N4O/c1-25-13-16-11-17(8-10-20(16)24-25)23-21(26)18-9-7-15(12-19(18)22)14-5-3-2-4-6-14/h7-14H,2-6,22H2,1H3,(H,23,26). The minimum atomic E-state index is -0.180. The van der Waals surface area contributed by atoms with Gasteiger partial charge in [0.1, 0.15) is 0 Å². The van der Waals surface area contributed by atoms with E-state index in [4.69, 9.17) is 5.73 Å². The Morgan fingerprint density at radius 2 is 1.96 bits per heavy atom. The number of nitrogens with zero attached hydrogens (tertiary/aromatic N) is 2. The van der Waals surface area contributed by atoms with Gasteiger partial charge in [-0.1, -0.05) is 25.3 Å². The van der Waals surface area contributed by atoms with E-state index >= 15 is 0 Å². The Balaban J connectivity index is 1.53. The van der Waals surface area contributed by atoms with Crippen LogP contribution in [0.1, 0.15) is 53.9 Å². The Morgan fingerprint density at radius 3 is 2.73 bits per heavy atom. The van der Waals surface area contributed by atoms with Gasteiger partial charge in [0.25, 0.3) is 5.91 Å². The van der Waals surface area contributed by atoms with Crippen LogP contribution in [0.25, 0.3) is 10.9 Å². The first-order chi connectivity index (χ1) is 12.6.